The van der Waals surface area contributed by atoms with E-state index in [4.69, 9.17) is 0 Å². The first-order valence-electron chi connectivity index (χ1n) is 5.52. The molecule has 1 N–H and O–H groups in total. The second kappa shape index (κ2) is 4.88. The lowest BCUT2D eigenvalue weighted by Gasteiger charge is -2.11. The maximum Gasteiger partial charge on any atom is 0.130 e. The number of nitrogens with zero attached hydrogens (tertiary/aromatic N) is 1. The van der Waals surface area contributed by atoms with Gasteiger partial charge in [-0.2, -0.15) is 0 Å². The van der Waals surface area contributed by atoms with Crippen LogP contribution in [-0.4, -0.2) is 4.98 Å². The Kier molecular flexibility index (Phi) is 3.48. The minimum absolute atomic E-state index is 0.861. The molecule has 1 aromatic heterocycles. The molecule has 0 unspecified atom stereocenters. The molecule has 17 heavy (non-hydrogen) atoms. The van der Waals surface area contributed by atoms with Crippen LogP contribution in [0.4, 0.5) is 11.5 Å². The number of halogens is 1. The van der Waals surface area contributed by atoms with Crippen LogP contribution in [0.5, 0.6) is 0 Å². The second-order valence-electron chi connectivity index (χ2n) is 4.24. The molecule has 0 aliphatic rings. The van der Waals surface area contributed by atoms with Gasteiger partial charge in [-0.1, -0.05) is 6.07 Å². The predicted molar refractivity (Wildman–Crippen MR) is 75.9 cm³/mol. The van der Waals surface area contributed by atoms with Gasteiger partial charge in [0.2, 0.25) is 0 Å². The fraction of sp³-hybridized carbons (Fsp3) is 0.214. The number of pyridine rings is 1. The van der Waals surface area contributed by atoms with Gasteiger partial charge in [-0.15, -0.1) is 0 Å². The average Bonchev–Trinajstić information content (AvgIpc) is 2.29. The molecule has 1 aromatic carbocycles. The fourth-order valence-electron chi connectivity index (χ4n) is 1.68. The largest absolute Gasteiger partial charge is 0.340 e. The van der Waals surface area contributed by atoms with Crippen LogP contribution >= 0.6 is 15.9 Å². The van der Waals surface area contributed by atoms with Crippen LogP contribution in [0.15, 0.2) is 34.9 Å². The third-order valence-corrected chi connectivity index (χ3v) is 3.30. The summed E-state index contributed by atoms with van der Waals surface area (Å²) in [6.45, 7) is 6.35. The predicted octanol–water partition coefficient (Wildman–Crippen LogP) is 4.51. The lowest BCUT2D eigenvalue weighted by Crippen LogP contribution is -1.97. The number of nitrogens with one attached hydrogen (secondary N) is 1. The number of aromatic nitrogens is 1. The van der Waals surface area contributed by atoms with Gasteiger partial charge in [0.05, 0.1) is 0 Å². The second-order valence-corrected chi connectivity index (χ2v) is 5.15. The van der Waals surface area contributed by atoms with Crippen molar-refractivity contribution in [2.45, 2.75) is 20.8 Å². The maximum absolute atomic E-state index is 4.31. The Balaban J connectivity index is 2.30. The first-order valence-corrected chi connectivity index (χ1v) is 6.32. The van der Waals surface area contributed by atoms with Crippen LogP contribution in [-0.2, 0) is 0 Å². The lowest BCUT2D eigenvalue weighted by atomic mass is 10.1. The number of aryl methyl sites for hydroxylation is 3. The summed E-state index contributed by atoms with van der Waals surface area (Å²) >= 11 is 3.38. The van der Waals surface area contributed by atoms with E-state index in [2.05, 4.69) is 59.1 Å². The van der Waals surface area contributed by atoms with Crippen molar-refractivity contribution in [1.82, 2.24) is 4.98 Å². The molecule has 2 aromatic rings. The Morgan fingerprint density at radius 3 is 2.35 bits per heavy atom. The van der Waals surface area contributed by atoms with Crippen LogP contribution in [0.2, 0.25) is 0 Å². The zero-order valence-electron chi connectivity index (χ0n) is 10.2. The molecular formula is C14H15BrN2. The molecule has 0 radical (unpaired) electrons. The Hall–Kier alpha value is -1.35. The van der Waals surface area contributed by atoms with E-state index in [9.17, 15) is 0 Å². The third kappa shape index (κ3) is 2.86. The van der Waals surface area contributed by atoms with Crippen molar-refractivity contribution in [2.24, 2.45) is 0 Å². The number of benzene rings is 1. The molecule has 0 saturated heterocycles. The lowest BCUT2D eigenvalue weighted by molar-refractivity contribution is 1.26. The molecule has 0 bridgehead atoms. The maximum atomic E-state index is 4.31. The van der Waals surface area contributed by atoms with Crippen molar-refractivity contribution in [2.75, 3.05) is 5.32 Å². The molecule has 0 atom stereocenters. The summed E-state index contributed by atoms with van der Waals surface area (Å²) in [5.41, 5.74) is 4.95. The zero-order chi connectivity index (χ0) is 12.4. The SMILES string of the molecule is Cc1cc(C)c(Nc2ccc(Br)cn2)cc1C. The molecule has 0 fully saturated rings. The summed E-state index contributed by atoms with van der Waals surface area (Å²) in [6, 6.07) is 8.29. The van der Waals surface area contributed by atoms with Gasteiger partial charge in [0.1, 0.15) is 5.82 Å². The Labute approximate surface area is 110 Å². The molecule has 3 heteroatoms. The average molecular weight is 291 g/mol. The Bertz CT molecular complexity index is 533. The van der Waals surface area contributed by atoms with Crippen molar-refractivity contribution >= 4 is 27.4 Å². The first kappa shape index (κ1) is 12.1. The van der Waals surface area contributed by atoms with E-state index in [-0.39, 0.29) is 0 Å². The standard InChI is InChI=1S/C14H15BrN2/c1-9-6-11(3)13(7-10(9)2)17-14-5-4-12(15)8-16-14/h4-8H,1-3H3,(H,16,17). The van der Waals surface area contributed by atoms with E-state index in [1.807, 2.05) is 12.1 Å². The molecule has 1 heterocycles. The summed E-state index contributed by atoms with van der Waals surface area (Å²) in [7, 11) is 0. The highest BCUT2D eigenvalue weighted by molar-refractivity contribution is 9.10. The molecule has 0 aliphatic heterocycles. The molecule has 0 amide bonds. The van der Waals surface area contributed by atoms with E-state index >= 15 is 0 Å². The van der Waals surface area contributed by atoms with E-state index in [1.165, 1.54) is 16.7 Å². The molecule has 2 nitrogen and oxygen atoms in total. The number of anilines is 2. The molecule has 0 saturated carbocycles. The first-order chi connectivity index (χ1) is 8.06. The van der Waals surface area contributed by atoms with Gasteiger partial charge in [-0.3, -0.25) is 0 Å². The summed E-state index contributed by atoms with van der Waals surface area (Å²) in [6.07, 6.45) is 1.79. The van der Waals surface area contributed by atoms with Crippen LogP contribution in [0, 0.1) is 20.8 Å². The van der Waals surface area contributed by atoms with Crippen LogP contribution in [0.1, 0.15) is 16.7 Å². The van der Waals surface area contributed by atoms with Gasteiger partial charge in [0.25, 0.3) is 0 Å². The third-order valence-electron chi connectivity index (χ3n) is 2.83. The van der Waals surface area contributed by atoms with Crippen LogP contribution < -0.4 is 5.32 Å². The smallest absolute Gasteiger partial charge is 0.130 e. The van der Waals surface area contributed by atoms with E-state index in [0.717, 1.165) is 16.0 Å². The molecule has 0 aliphatic carbocycles. The molecule has 88 valence electrons. The van der Waals surface area contributed by atoms with Crippen LogP contribution in [0.3, 0.4) is 0 Å². The van der Waals surface area contributed by atoms with Gasteiger partial charge < -0.3 is 5.32 Å². The zero-order valence-corrected chi connectivity index (χ0v) is 11.8. The summed E-state index contributed by atoms with van der Waals surface area (Å²) in [5.74, 6) is 0.861. The van der Waals surface area contributed by atoms with Crippen molar-refractivity contribution in [1.29, 1.82) is 0 Å². The summed E-state index contributed by atoms with van der Waals surface area (Å²) in [5, 5.41) is 3.34. The highest BCUT2D eigenvalue weighted by Crippen LogP contribution is 2.23. The minimum atomic E-state index is 0.861. The normalized spacial score (nSPS) is 10.4. The van der Waals surface area contributed by atoms with Gasteiger partial charge in [-0.05, 0) is 71.6 Å². The highest BCUT2D eigenvalue weighted by Gasteiger charge is 2.02. The van der Waals surface area contributed by atoms with E-state index < -0.39 is 0 Å². The van der Waals surface area contributed by atoms with Gasteiger partial charge in [0.15, 0.2) is 0 Å². The monoisotopic (exact) mass is 290 g/mol. The van der Waals surface area contributed by atoms with Crippen LogP contribution in [0.25, 0.3) is 0 Å². The summed E-state index contributed by atoms with van der Waals surface area (Å²) < 4.78 is 0.986. The van der Waals surface area contributed by atoms with E-state index in [1.54, 1.807) is 6.20 Å². The van der Waals surface area contributed by atoms with Crippen molar-refractivity contribution in [3.63, 3.8) is 0 Å². The molecule has 2 rings (SSSR count). The number of rotatable bonds is 2. The van der Waals surface area contributed by atoms with Gasteiger partial charge >= 0.3 is 0 Å². The topological polar surface area (TPSA) is 24.9 Å². The Morgan fingerprint density at radius 1 is 1.00 bits per heavy atom. The minimum Gasteiger partial charge on any atom is -0.340 e. The fourth-order valence-corrected chi connectivity index (χ4v) is 1.92. The number of hydrogen-bond acceptors (Lipinski definition) is 2. The van der Waals surface area contributed by atoms with Crippen molar-refractivity contribution in [3.05, 3.63) is 51.6 Å². The number of hydrogen-bond donors (Lipinski definition) is 1. The quantitative estimate of drug-likeness (QED) is 0.880. The van der Waals surface area contributed by atoms with Gasteiger partial charge in [0, 0.05) is 16.4 Å². The Morgan fingerprint density at radius 2 is 1.71 bits per heavy atom. The van der Waals surface area contributed by atoms with E-state index in [0.29, 0.717) is 0 Å². The molecular weight excluding hydrogens is 276 g/mol. The highest BCUT2D eigenvalue weighted by atomic mass is 79.9. The van der Waals surface area contributed by atoms with Crippen molar-refractivity contribution < 1.29 is 0 Å². The van der Waals surface area contributed by atoms with Crippen molar-refractivity contribution in [3.8, 4) is 0 Å². The molecule has 0 spiro atoms. The van der Waals surface area contributed by atoms with Gasteiger partial charge in [-0.25, -0.2) is 4.98 Å². The summed E-state index contributed by atoms with van der Waals surface area (Å²) in [4.78, 5) is 4.31.